The van der Waals surface area contributed by atoms with Gasteiger partial charge in [0.1, 0.15) is 0 Å². The highest BCUT2D eigenvalue weighted by atomic mass is 32.2. The molecular formula is C13H31N3S2. The molecule has 0 aromatic carbocycles. The van der Waals surface area contributed by atoms with Crippen LogP contribution in [0.2, 0.25) is 0 Å². The van der Waals surface area contributed by atoms with Crippen molar-refractivity contribution in [3.05, 3.63) is 0 Å². The highest BCUT2D eigenvalue weighted by Gasteiger charge is 1.91. The molecule has 0 aromatic heterocycles. The summed E-state index contributed by atoms with van der Waals surface area (Å²) in [7, 11) is 0. The van der Waals surface area contributed by atoms with Crippen molar-refractivity contribution in [2.75, 3.05) is 63.3 Å². The minimum atomic E-state index is 1.14. The molecule has 0 aliphatic heterocycles. The van der Waals surface area contributed by atoms with Gasteiger partial charge in [-0.05, 0) is 58.0 Å². The molecule has 18 heavy (non-hydrogen) atoms. The lowest BCUT2D eigenvalue weighted by molar-refractivity contribution is 0.568. The zero-order chi connectivity index (χ0) is 13.3. The molecule has 5 heteroatoms. The molecule has 3 N–H and O–H groups in total. The third kappa shape index (κ3) is 16.6. The van der Waals surface area contributed by atoms with Gasteiger partial charge < -0.3 is 16.0 Å². The van der Waals surface area contributed by atoms with Crippen LogP contribution in [0.15, 0.2) is 0 Å². The summed E-state index contributed by atoms with van der Waals surface area (Å²) in [5.74, 6) is 2.44. The van der Waals surface area contributed by atoms with Gasteiger partial charge in [0.2, 0.25) is 0 Å². The Morgan fingerprint density at radius 3 is 1.39 bits per heavy atom. The van der Waals surface area contributed by atoms with E-state index in [-0.39, 0.29) is 0 Å². The SMILES string of the molecule is CSCCNCCCCNCCCNCCSC. The summed E-state index contributed by atoms with van der Waals surface area (Å²) < 4.78 is 0. The predicted molar refractivity (Wildman–Crippen MR) is 89.2 cm³/mol. The molecule has 0 radical (unpaired) electrons. The van der Waals surface area contributed by atoms with E-state index in [9.17, 15) is 0 Å². The molecule has 0 unspecified atom stereocenters. The second-order valence-electron chi connectivity index (χ2n) is 4.30. The zero-order valence-corrected chi connectivity index (χ0v) is 13.7. The maximum Gasteiger partial charge on any atom is 0.00553 e. The topological polar surface area (TPSA) is 36.1 Å². The molecule has 3 nitrogen and oxygen atoms in total. The van der Waals surface area contributed by atoms with Crippen molar-refractivity contribution in [3.8, 4) is 0 Å². The Labute approximate surface area is 122 Å². The quantitative estimate of drug-likeness (QED) is 0.400. The Hall–Kier alpha value is 0.580. The van der Waals surface area contributed by atoms with Crippen LogP contribution in [0.1, 0.15) is 19.3 Å². The van der Waals surface area contributed by atoms with Gasteiger partial charge in [-0.15, -0.1) is 0 Å². The van der Waals surface area contributed by atoms with Gasteiger partial charge in [0.05, 0.1) is 0 Å². The van der Waals surface area contributed by atoms with Crippen LogP contribution in [0, 0.1) is 0 Å². The molecule has 0 rings (SSSR count). The van der Waals surface area contributed by atoms with Crippen molar-refractivity contribution >= 4 is 23.5 Å². The predicted octanol–water partition coefficient (Wildman–Crippen LogP) is 1.65. The summed E-state index contributed by atoms with van der Waals surface area (Å²) in [5.41, 5.74) is 0. The molecule has 0 aliphatic carbocycles. The summed E-state index contributed by atoms with van der Waals surface area (Å²) in [6, 6.07) is 0. The number of thioether (sulfide) groups is 2. The Morgan fingerprint density at radius 2 is 0.944 bits per heavy atom. The van der Waals surface area contributed by atoms with Crippen LogP contribution in [0.3, 0.4) is 0 Å². The first-order chi connectivity index (χ1) is 8.91. The minimum absolute atomic E-state index is 1.14. The molecule has 0 spiro atoms. The summed E-state index contributed by atoms with van der Waals surface area (Å²) in [5, 5.41) is 10.4. The van der Waals surface area contributed by atoms with E-state index in [4.69, 9.17) is 0 Å². The fourth-order valence-electron chi connectivity index (χ4n) is 1.56. The zero-order valence-electron chi connectivity index (χ0n) is 12.1. The van der Waals surface area contributed by atoms with Crippen molar-refractivity contribution in [1.82, 2.24) is 16.0 Å². The lowest BCUT2D eigenvalue weighted by atomic mass is 10.3. The number of hydrogen-bond acceptors (Lipinski definition) is 5. The largest absolute Gasteiger partial charge is 0.317 e. The van der Waals surface area contributed by atoms with Gasteiger partial charge in [0.25, 0.3) is 0 Å². The summed E-state index contributed by atoms with van der Waals surface area (Å²) in [6.45, 7) is 6.91. The molecule has 0 bridgehead atoms. The molecule has 110 valence electrons. The first-order valence-corrected chi connectivity index (χ1v) is 9.80. The summed E-state index contributed by atoms with van der Waals surface area (Å²) in [6.07, 6.45) is 8.11. The van der Waals surface area contributed by atoms with E-state index >= 15 is 0 Å². The van der Waals surface area contributed by atoms with Gasteiger partial charge in [0, 0.05) is 24.6 Å². The molecule has 0 heterocycles. The van der Waals surface area contributed by atoms with Crippen molar-refractivity contribution < 1.29 is 0 Å². The maximum absolute atomic E-state index is 3.50. The molecular weight excluding hydrogens is 262 g/mol. The monoisotopic (exact) mass is 293 g/mol. The molecule has 0 saturated carbocycles. The van der Waals surface area contributed by atoms with Crippen molar-refractivity contribution in [2.45, 2.75) is 19.3 Å². The van der Waals surface area contributed by atoms with Gasteiger partial charge in [-0.1, -0.05) is 0 Å². The standard InChI is InChI=1S/C13H31N3S2/c1-17-12-10-15-7-4-3-6-14-8-5-9-16-11-13-18-2/h14-16H,3-13H2,1-2H3. The number of rotatable bonds is 15. The maximum atomic E-state index is 3.50. The molecule has 0 saturated heterocycles. The van der Waals surface area contributed by atoms with Crippen molar-refractivity contribution in [1.29, 1.82) is 0 Å². The van der Waals surface area contributed by atoms with E-state index in [0.717, 1.165) is 32.7 Å². The van der Waals surface area contributed by atoms with E-state index < -0.39 is 0 Å². The van der Waals surface area contributed by atoms with Crippen LogP contribution >= 0.6 is 23.5 Å². The number of nitrogens with one attached hydrogen (secondary N) is 3. The Bertz CT molecular complexity index is 132. The van der Waals surface area contributed by atoms with E-state index in [0.29, 0.717) is 0 Å². The number of hydrogen-bond donors (Lipinski definition) is 3. The van der Waals surface area contributed by atoms with Gasteiger partial charge in [-0.3, -0.25) is 0 Å². The summed E-state index contributed by atoms with van der Waals surface area (Å²) >= 11 is 3.80. The fourth-order valence-corrected chi connectivity index (χ4v) is 2.26. The van der Waals surface area contributed by atoms with Crippen LogP contribution in [-0.2, 0) is 0 Å². The molecule has 0 fully saturated rings. The number of unbranched alkanes of at least 4 members (excludes halogenated alkanes) is 1. The van der Waals surface area contributed by atoms with E-state index in [1.165, 1.54) is 37.3 Å². The molecule has 0 atom stereocenters. The van der Waals surface area contributed by atoms with Crippen LogP contribution in [0.25, 0.3) is 0 Å². The second-order valence-corrected chi connectivity index (χ2v) is 6.27. The summed E-state index contributed by atoms with van der Waals surface area (Å²) in [4.78, 5) is 0. The Kier molecular flexibility index (Phi) is 18.1. The van der Waals surface area contributed by atoms with E-state index in [1.807, 2.05) is 23.5 Å². The Balaban J connectivity index is 2.86. The first kappa shape index (κ1) is 18.6. The van der Waals surface area contributed by atoms with Crippen molar-refractivity contribution in [3.63, 3.8) is 0 Å². The van der Waals surface area contributed by atoms with Gasteiger partial charge in [0.15, 0.2) is 0 Å². The van der Waals surface area contributed by atoms with E-state index in [2.05, 4.69) is 28.5 Å². The van der Waals surface area contributed by atoms with Crippen LogP contribution in [0.5, 0.6) is 0 Å². The normalized spacial score (nSPS) is 11.0. The van der Waals surface area contributed by atoms with Gasteiger partial charge in [-0.25, -0.2) is 0 Å². The molecule has 0 amide bonds. The molecule has 0 aromatic rings. The third-order valence-corrected chi connectivity index (χ3v) is 3.85. The first-order valence-electron chi connectivity index (χ1n) is 7.02. The van der Waals surface area contributed by atoms with Crippen molar-refractivity contribution in [2.24, 2.45) is 0 Å². The highest BCUT2D eigenvalue weighted by Crippen LogP contribution is 1.89. The Morgan fingerprint density at radius 1 is 0.556 bits per heavy atom. The van der Waals surface area contributed by atoms with Crippen LogP contribution < -0.4 is 16.0 Å². The smallest absolute Gasteiger partial charge is 0.00553 e. The lowest BCUT2D eigenvalue weighted by Crippen LogP contribution is -2.25. The minimum Gasteiger partial charge on any atom is -0.317 e. The lowest BCUT2D eigenvalue weighted by Gasteiger charge is -2.06. The molecule has 0 aliphatic rings. The second kappa shape index (κ2) is 17.6. The van der Waals surface area contributed by atoms with Crippen LogP contribution in [0.4, 0.5) is 0 Å². The van der Waals surface area contributed by atoms with Crippen LogP contribution in [-0.4, -0.2) is 63.3 Å². The average molecular weight is 294 g/mol. The van der Waals surface area contributed by atoms with E-state index in [1.54, 1.807) is 0 Å². The average Bonchev–Trinajstić information content (AvgIpc) is 2.39. The highest BCUT2D eigenvalue weighted by molar-refractivity contribution is 7.98. The van der Waals surface area contributed by atoms with Gasteiger partial charge >= 0.3 is 0 Å². The van der Waals surface area contributed by atoms with Gasteiger partial charge in [-0.2, -0.15) is 23.5 Å². The third-order valence-electron chi connectivity index (χ3n) is 2.63. The fraction of sp³-hybridized carbons (Fsp3) is 1.00.